The average molecular weight is 349 g/mol. The summed E-state index contributed by atoms with van der Waals surface area (Å²) in [6.45, 7) is 2.45. The summed E-state index contributed by atoms with van der Waals surface area (Å²) in [5.41, 5.74) is 0.252. The summed E-state index contributed by atoms with van der Waals surface area (Å²) in [6.07, 6.45) is -1.02. The number of methoxy groups -OCH3 is 1. The Bertz CT molecular complexity index is 587. The Hall–Kier alpha value is -1.57. The second-order valence-electron chi connectivity index (χ2n) is 4.88. The highest BCUT2D eigenvalue weighted by atomic mass is 35.5. The molecule has 0 N–H and O–H groups in total. The van der Waals surface area contributed by atoms with Crippen LogP contribution in [0.15, 0.2) is 12.1 Å². The first-order chi connectivity index (χ1) is 10.3. The van der Waals surface area contributed by atoms with Crippen LogP contribution in [0, 0.1) is 10.1 Å². The average Bonchev–Trinajstić information content (AvgIpc) is 2.44. The van der Waals surface area contributed by atoms with Gasteiger partial charge in [-0.15, -0.1) is 0 Å². The third kappa shape index (κ3) is 3.43. The normalized spacial score (nSPS) is 21.5. The fourth-order valence-electron chi connectivity index (χ4n) is 2.36. The minimum absolute atomic E-state index is 0.150. The van der Waals surface area contributed by atoms with Crippen LogP contribution >= 0.6 is 23.2 Å². The number of anilines is 1. The molecule has 9 heteroatoms. The molecule has 1 aromatic rings. The van der Waals surface area contributed by atoms with E-state index in [1.54, 1.807) is 11.8 Å². The van der Waals surface area contributed by atoms with E-state index in [1.165, 1.54) is 19.2 Å². The number of nitro groups is 1. The largest absolute Gasteiger partial charge is 0.467 e. The minimum Gasteiger partial charge on any atom is -0.467 e. The van der Waals surface area contributed by atoms with Gasteiger partial charge in [-0.05, 0) is 6.92 Å². The molecule has 22 heavy (non-hydrogen) atoms. The molecule has 1 aliphatic rings. The summed E-state index contributed by atoms with van der Waals surface area (Å²) in [6, 6.07) is 2.46. The highest BCUT2D eigenvalue weighted by Crippen LogP contribution is 2.38. The second kappa shape index (κ2) is 6.68. The lowest BCUT2D eigenvalue weighted by molar-refractivity contribution is -0.384. The lowest BCUT2D eigenvalue weighted by atomic mass is 10.1. The molecule has 1 fully saturated rings. The van der Waals surface area contributed by atoms with E-state index in [0.29, 0.717) is 12.2 Å². The molecule has 0 spiro atoms. The van der Waals surface area contributed by atoms with E-state index in [-0.39, 0.29) is 28.4 Å². The lowest BCUT2D eigenvalue weighted by Crippen LogP contribution is -2.50. The van der Waals surface area contributed by atoms with Gasteiger partial charge in [0.2, 0.25) is 0 Å². The molecule has 1 aliphatic heterocycles. The zero-order valence-corrected chi connectivity index (χ0v) is 13.4. The van der Waals surface area contributed by atoms with Crippen LogP contribution in [0.1, 0.15) is 6.92 Å². The van der Waals surface area contributed by atoms with Gasteiger partial charge in [0.25, 0.3) is 5.69 Å². The highest BCUT2D eigenvalue weighted by molar-refractivity contribution is 6.39. The van der Waals surface area contributed by atoms with E-state index in [2.05, 4.69) is 4.74 Å². The predicted molar refractivity (Wildman–Crippen MR) is 81.7 cm³/mol. The van der Waals surface area contributed by atoms with Gasteiger partial charge in [-0.3, -0.25) is 10.1 Å². The van der Waals surface area contributed by atoms with E-state index in [9.17, 15) is 14.9 Å². The smallest absolute Gasteiger partial charge is 0.336 e. The number of carbonyl (C=O) groups excluding carboxylic acids is 1. The van der Waals surface area contributed by atoms with Gasteiger partial charge in [0.15, 0.2) is 6.10 Å². The van der Waals surface area contributed by atoms with Gasteiger partial charge in [-0.2, -0.15) is 0 Å². The molecule has 0 amide bonds. The van der Waals surface area contributed by atoms with Crippen molar-refractivity contribution in [2.24, 2.45) is 0 Å². The van der Waals surface area contributed by atoms with Crippen LogP contribution in [0.5, 0.6) is 0 Å². The first-order valence-electron chi connectivity index (χ1n) is 6.45. The number of hydrogen-bond donors (Lipinski definition) is 0. The van der Waals surface area contributed by atoms with Crippen molar-refractivity contribution in [1.29, 1.82) is 0 Å². The Morgan fingerprint density at radius 3 is 2.50 bits per heavy atom. The molecule has 0 saturated carbocycles. The number of carbonyl (C=O) groups is 1. The number of non-ortho nitro benzene ring substituents is 1. The second-order valence-corrected chi connectivity index (χ2v) is 5.69. The van der Waals surface area contributed by atoms with Gasteiger partial charge in [0.05, 0.1) is 40.4 Å². The number of halogens is 2. The molecule has 2 atom stereocenters. The van der Waals surface area contributed by atoms with Crippen LogP contribution in [-0.4, -0.2) is 43.3 Å². The Balaban J connectivity index is 2.34. The summed E-state index contributed by atoms with van der Waals surface area (Å²) >= 11 is 12.3. The van der Waals surface area contributed by atoms with Gasteiger partial charge in [-0.1, -0.05) is 23.2 Å². The Morgan fingerprint density at radius 1 is 1.41 bits per heavy atom. The maximum Gasteiger partial charge on any atom is 0.336 e. The maximum atomic E-state index is 11.7. The van der Waals surface area contributed by atoms with Gasteiger partial charge < -0.3 is 14.4 Å². The van der Waals surface area contributed by atoms with Crippen LogP contribution in [-0.2, 0) is 14.3 Å². The summed E-state index contributed by atoms with van der Waals surface area (Å²) in [7, 11) is 1.28. The van der Waals surface area contributed by atoms with Crippen LogP contribution in [0.25, 0.3) is 0 Å². The number of ether oxygens (including phenoxy) is 2. The van der Waals surface area contributed by atoms with Crippen LogP contribution < -0.4 is 4.90 Å². The Kier molecular flexibility index (Phi) is 5.10. The van der Waals surface area contributed by atoms with Crippen molar-refractivity contribution in [2.75, 3.05) is 25.1 Å². The molecule has 1 heterocycles. The molecule has 0 radical (unpaired) electrons. The van der Waals surface area contributed by atoms with E-state index < -0.39 is 17.0 Å². The van der Waals surface area contributed by atoms with Crippen molar-refractivity contribution >= 4 is 40.5 Å². The molecule has 0 aliphatic carbocycles. The van der Waals surface area contributed by atoms with Crippen molar-refractivity contribution in [3.63, 3.8) is 0 Å². The van der Waals surface area contributed by atoms with Gasteiger partial charge in [-0.25, -0.2) is 4.79 Å². The summed E-state index contributed by atoms with van der Waals surface area (Å²) in [4.78, 5) is 23.7. The molecule has 120 valence electrons. The van der Waals surface area contributed by atoms with Crippen LogP contribution in [0.3, 0.4) is 0 Å². The van der Waals surface area contributed by atoms with Crippen molar-refractivity contribution in [3.05, 3.63) is 32.3 Å². The highest BCUT2D eigenvalue weighted by Gasteiger charge is 2.33. The monoisotopic (exact) mass is 348 g/mol. The van der Waals surface area contributed by atoms with Gasteiger partial charge in [0.1, 0.15) is 0 Å². The minimum atomic E-state index is -0.768. The SMILES string of the molecule is COC(=O)C1CN(c2c(Cl)cc([N+](=O)[O-])cc2Cl)C[C@@H](C)O1. The van der Waals surface area contributed by atoms with E-state index in [0.717, 1.165) is 0 Å². The zero-order chi connectivity index (χ0) is 16.4. The van der Waals surface area contributed by atoms with Gasteiger partial charge in [0, 0.05) is 18.7 Å². The third-order valence-corrected chi connectivity index (χ3v) is 3.83. The summed E-state index contributed by atoms with van der Waals surface area (Å²) in [5, 5.41) is 11.1. The van der Waals surface area contributed by atoms with Crippen LogP contribution in [0.4, 0.5) is 11.4 Å². The molecule has 1 aromatic carbocycles. The number of hydrogen-bond acceptors (Lipinski definition) is 6. The number of nitro benzene ring substituents is 1. The first kappa shape index (κ1) is 16.8. The van der Waals surface area contributed by atoms with Crippen molar-refractivity contribution in [3.8, 4) is 0 Å². The summed E-state index contributed by atoms with van der Waals surface area (Å²) < 4.78 is 10.2. The quantitative estimate of drug-likeness (QED) is 0.474. The third-order valence-electron chi connectivity index (χ3n) is 3.25. The molecule has 0 aromatic heterocycles. The van der Waals surface area contributed by atoms with Gasteiger partial charge >= 0.3 is 5.97 Å². The van der Waals surface area contributed by atoms with Crippen molar-refractivity contribution in [1.82, 2.24) is 0 Å². The number of rotatable bonds is 3. The first-order valence-corrected chi connectivity index (χ1v) is 7.20. The molecule has 2 rings (SSSR count). The Labute approximate surface area is 136 Å². The lowest BCUT2D eigenvalue weighted by Gasteiger charge is -2.37. The number of nitrogens with zero attached hydrogens (tertiary/aromatic N) is 2. The van der Waals surface area contributed by atoms with Crippen molar-refractivity contribution < 1.29 is 19.2 Å². The number of benzene rings is 1. The van der Waals surface area contributed by atoms with Crippen LogP contribution in [0.2, 0.25) is 10.0 Å². The number of morpholine rings is 1. The zero-order valence-electron chi connectivity index (χ0n) is 11.9. The predicted octanol–water partition coefficient (Wildman–Crippen LogP) is 2.67. The van der Waals surface area contributed by atoms with Crippen molar-refractivity contribution in [2.45, 2.75) is 19.1 Å². The van der Waals surface area contributed by atoms with E-state index in [1.807, 2.05) is 0 Å². The fraction of sp³-hybridized carbons (Fsp3) is 0.462. The molecule has 7 nitrogen and oxygen atoms in total. The van der Waals surface area contributed by atoms with E-state index in [4.69, 9.17) is 27.9 Å². The molecular weight excluding hydrogens is 335 g/mol. The molecule has 1 unspecified atom stereocenters. The molecule has 1 saturated heterocycles. The topological polar surface area (TPSA) is 81.9 Å². The summed E-state index contributed by atoms with van der Waals surface area (Å²) in [5.74, 6) is -0.495. The van der Waals surface area contributed by atoms with E-state index >= 15 is 0 Å². The molecular formula is C13H14Cl2N2O5. The fourth-order valence-corrected chi connectivity index (χ4v) is 3.07. The molecule has 0 bridgehead atoms. The standard InChI is InChI=1S/C13H14Cl2N2O5/c1-7-5-16(6-11(22-7)13(18)21-2)12-9(14)3-8(17(19)20)4-10(12)15/h3-4,7,11H,5-6H2,1-2H3/t7-,11?/m1/s1. The Morgan fingerprint density at radius 2 is 2.00 bits per heavy atom. The number of esters is 1. The maximum absolute atomic E-state index is 11.7.